The van der Waals surface area contributed by atoms with Gasteiger partial charge in [0.2, 0.25) is 5.95 Å². The number of hydrogen-bond acceptors (Lipinski definition) is 13. The van der Waals surface area contributed by atoms with Gasteiger partial charge in [-0.3, -0.25) is 33.3 Å². The lowest BCUT2D eigenvalue weighted by atomic mass is 10.2. The van der Waals surface area contributed by atoms with Crippen LogP contribution in [0.5, 0.6) is 0 Å². The van der Waals surface area contributed by atoms with Crippen molar-refractivity contribution >= 4 is 24.7 Å². The van der Waals surface area contributed by atoms with Crippen LogP contribution in [0.3, 0.4) is 0 Å². The molecular formula is C21H28N7O10P. The molecule has 0 spiro atoms. The molecule has 0 amide bonds. The van der Waals surface area contributed by atoms with Crippen molar-refractivity contribution in [2.75, 3.05) is 25.6 Å². The van der Waals surface area contributed by atoms with E-state index in [1.165, 1.54) is 35.2 Å². The number of fused-ring (bicyclic) bond motifs is 1. The first-order valence-electron chi connectivity index (χ1n) is 12.0. The number of anilines is 1. The third kappa shape index (κ3) is 5.47. The van der Waals surface area contributed by atoms with Gasteiger partial charge < -0.3 is 34.5 Å². The molecule has 2 saturated heterocycles. The van der Waals surface area contributed by atoms with Crippen molar-refractivity contribution in [1.29, 1.82) is 0 Å². The fourth-order valence-corrected chi connectivity index (χ4v) is 5.81. The topological polar surface area (TPSA) is 239 Å². The van der Waals surface area contributed by atoms with Gasteiger partial charge in [-0.25, -0.2) is 9.78 Å². The molecule has 2 aliphatic rings. The van der Waals surface area contributed by atoms with Crippen LogP contribution in [0, 0.1) is 6.92 Å². The molecule has 0 aromatic carbocycles. The van der Waals surface area contributed by atoms with Crippen LogP contribution in [0.2, 0.25) is 0 Å². The minimum Gasteiger partial charge on any atom is -0.394 e. The molecule has 212 valence electrons. The van der Waals surface area contributed by atoms with Crippen molar-refractivity contribution in [3.8, 4) is 0 Å². The van der Waals surface area contributed by atoms with E-state index >= 15 is 0 Å². The zero-order valence-corrected chi connectivity index (χ0v) is 21.8. The predicted octanol–water partition coefficient (Wildman–Crippen LogP) is -1.29. The first kappa shape index (κ1) is 27.4. The Bertz CT molecular complexity index is 1600. The second-order valence-electron chi connectivity index (χ2n) is 9.44. The normalized spacial score (nSPS) is 28.7. The van der Waals surface area contributed by atoms with Gasteiger partial charge in [0.15, 0.2) is 11.2 Å². The fraction of sp³-hybridized carbons (Fsp3) is 0.571. The number of hydrogen-bond donors (Lipinski definition) is 5. The third-order valence-electron chi connectivity index (χ3n) is 6.58. The van der Waals surface area contributed by atoms with Crippen molar-refractivity contribution in [1.82, 2.24) is 29.1 Å². The van der Waals surface area contributed by atoms with E-state index in [4.69, 9.17) is 24.3 Å². The summed E-state index contributed by atoms with van der Waals surface area (Å²) in [7, 11) is -3.77. The first-order chi connectivity index (χ1) is 18.5. The van der Waals surface area contributed by atoms with Crippen molar-refractivity contribution in [2.45, 2.75) is 56.6 Å². The molecule has 0 saturated carbocycles. The minimum atomic E-state index is -3.77. The average Bonchev–Trinajstić information content (AvgIpc) is 3.56. The smallest absolute Gasteiger partial charge is 0.330 e. The molecule has 6 N–H and O–H groups in total. The highest BCUT2D eigenvalue weighted by Crippen LogP contribution is 2.49. The number of aromatic nitrogens is 6. The molecule has 18 heteroatoms. The summed E-state index contributed by atoms with van der Waals surface area (Å²) in [5.74, 6) is -0.100. The summed E-state index contributed by atoms with van der Waals surface area (Å²) >= 11 is 0. The van der Waals surface area contributed by atoms with Gasteiger partial charge in [0.1, 0.15) is 24.7 Å². The lowest BCUT2D eigenvalue weighted by Gasteiger charge is -2.23. The number of aliphatic hydroxyl groups is 2. The second-order valence-corrected chi connectivity index (χ2v) is 11.5. The van der Waals surface area contributed by atoms with E-state index in [2.05, 4.69) is 19.9 Å². The van der Waals surface area contributed by atoms with Crippen LogP contribution in [0.4, 0.5) is 5.95 Å². The van der Waals surface area contributed by atoms with Crippen molar-refractivity contribution < 1.29 is 33.3 Å². The maximum Gasteiger partial charge on any atom is 0.330 e. The van der Waals surface area contributed by atoms with Crippen molar-refractivity contribution in [3.05, 3.63) is 49.3 Å². The number of nitrogen functional groups attached to an aromatic ring is 1. The van der Waals surface area contributed by atoms with Crippen LogP contribution >= 0.6 is 7.60 Å². The third-order valence-corrected chi connectivity index (χ3v) is 7.85. The molecule has 0 aliphatic carbocycles. The Morgan fingerprint density at radius 3 is 2.62 bits per heavy atom. The summed E-state index contributed by atoms with van der Waals surface area (Å²) in [6, 6.07) is 0. The molecular weight excluding hydrogens is 541 g/mol. The largest absolute Gasteiger partial charge is 0.394 e. The Balaban J connectivity index is 1.23. The van der Waals surface area contributed by atoms with E-state index in [1.54, 1.807) is 0 Å². The van der Waals surface area contributed by atoms with Crippen LogP contribution in [0.1, 0.15) is 30.9 Å². The van der Waals surface area contributed by atoms with Gasteiger partial charge in [0.05, 0.1) is 31.7 Å². The zero-order chi connectivity index (χ0) is 28.1. The Kier molecular flexibility index (Phi) is 7.32. The Morgan fingerprint density at radius 2 is 1.87 bits per heavy atom. The van der Waals surface area contributed by atoms with Gasteiger partial charge in [-0.1, -0.05) is 0 Å². The molecule has 0 radical (unpaired) electrons. The molecule has 7 atom stereocenters. The maximum absolute atomic E-state index is 13.2. The van der Waals surface area contributed by atoms with Gasteiger partial charge in [-0.05, 0) is 6.92 Å². The van der Waals surface area contributed by atoms with Crippen LogP contribution in [-0.2, 0) is 23.1 Å². The summed E-state index contributed by atoms with van der Waals surface area (Å²) in [4.78, 5) is 48.6. The van der Waals surface area contributed by atoms with Crippen LogP contribution in [0.15, 0.2) is 26.9 Å². The monoisotopic (exact) mass is 569 g/mol. The average molecular weight is 569 g/mol. The molecule has 2 fully saturated rings. The highest BCUT2D eigenvalue weighted by Gasteiger charge is 2.42. The van der Waals surface area contributed by atoms with Gasteiger partial charge in [0, 0.05) is 31.3 Å². The number of rotatable bonds is 8. The van der Waals surface area contributed by atoms with E-state index in [-0.39, 0.29) is 42.1 Å². The summed E-state index contributed by atoms with van der Waals surface area (Å²) < 4.78 is 38.5. The highest BCUT2D eigenvalue weighted by molar-refractivity contribution is 7.53. The number of nitrogens with two attached hydrogens (primary N) is 1. The number of ether oxygens (including phenoxy) is 2. The quantitative estimate of drug-likeness (QED) is 0.199. The summed E-state index contributed by atoms with van der Waals surface area (Å²) in [5.41, 5.74) is 4.42. The standard InChI is InChI=1S/C21H28N7O10P/c1-9-5-27(21(33)26-18(9)31)15-4-11(12(6-29)36-15)38-39(2,34)35-7-13-10(30)3-14(37-13)28-8-23-16-17(28)24-20(22)25-19(16)32/h5,8,10-15,29-30H,3-4,6-7H2,1-2H3,(H,26,31,33)(H3,22,24,25,32)/t10-,11-,12+,13+,14+,15+,39?/m0/s1. The lowest BCUT2D eigenvalue weighted by molar-refractivity contribution is -0.0509. The van der Waals surface area contributed by atoms with Crippen LogP contribution in [0.25, 0.3) is 11.2 Å². The summed E-state index contributed by atoms with van der Waals surface area (Å²) in [5, 5.41) is 20.3. The van der Waals surface area contributed by atoms with Gasteiger partial charge >= 0.3 is 13.3 Å². The summed E-state index contributed by atoms with van der Waals surface area (Å²) in [6.07, 6.45) is -2.50. The highest BCUT2D eigenvalue weighted by atomic mass is 31.2. The Morgan fingerprint density at radius 1 is 1.15 bits per heavy atom. The molecule has 1 unspecified atom stereocenters. The zero-order valence-electron chi connectivity index (χ0n) is 20.9. The molecule has 3 aromatic heterocycles. The summed E-state index contributed by atoms with van der Waals surface area (Å²) in [6.45, 7) is 1.98. The van der Waals surface area contributed by atoms with Crippen molar-refractivity contribution in [2.24, 2.45) is 0 Å². The van der Waals surface area contributed by atoms with E-state index < -0.39 is 67.9 Å². The maximum atomic E-state index is 13.2. The van der Waals surface area contributed by atoms with E-state index in [1.807, 2.05) is 0 Å². The minimum absolute atomic E-state index is 0.0470. The molecule has 2 aliphatic heterocycles. The molecule has 17 nitrogen and oxygen atoms in total. The molecule has 0 bridgehead atoms. The van der Waals surface area contributed by atoms with E-state index in [9.17, 15) is 29.2 Å². The fourth-order valence-electron chi connectivity index (χ4n) is 4.62. The molecule has 5 rings (SSSR count). The van der Waals surface area contributed by atoms with Crippen molar-refractivity contribution in [3.63, 3.8) is 0 Å². The molecule has 39 heavy (non-hydrogen) atoms. The van der Waals surface area contributed by atoms with Crippen LogP contribution < -0.4 is 22.5 Å². The number of aliphatic hydroxyl groups excluding tert-OH is 2. The number of aryl methyl sites for hydroxylation is 1. The Labute approximate surface area is 219 Å². The van der Waals surface area contributed by atoms with E-state index in [0.29, 0.717) is 0 Å². The Hall–Kier alpha value is -3.18. The van der Waals surface area contributed by atoms with Gasteiger partial charge in [-0.2, -0.15) is 4.98 Å². The van der Waals surface area contributed by atoms with Gasteiger partial charge in [0.25, 0.3) is 11.1 Å². The van der Waals surface area contributed by atoms with E-state index in [0.717, 1.165) is 0 Å². The number of nitrogens with one attached hydrogen (secondary N) is 2. The van der Waals surface area contributed by atoms with Crippen LogP contribution in [-0.4, -0.2) is 83.6 Å². The lowest BCUT2D eigenvalue weighted by Crippen LogP contribution is -2.33. The number of imidazole rings is 1. The molecule has 3 aromatic rings. The second kappa shape index (κ2) is 10.4. The number of aromatic amines is 2. The molecule has 5 heterocycles. The number of nitrogens with zero attached hydrogens (tertiary/aromatic N) is 4. The SMILES string of the molecule is Cc1cn([C@H]2C[C@H](OP(C)(=O)OC[C@H]3O[C@@H](n4cnc5c(=O)[nH]c(N)nc54)C[C@@H]3O)[C@@H](CO)O2)c(=O)[nH]c1=O. The first-order valence-corrected chi connectivity index (χ1v) is 14.0. The van der Waals surface area contributed by atoms with Gasteiger partial charge in [-0.15, -0.1) is 0 Å². The number of H-pyrrole nitrogens is 2. The predicted molar refractivity (Wildman–Crippen MR) is 133 cm³/mol.